The summed E-state index contributed by atoms with van der Waals surface area (Å²) in [6.45, 7) is 0.639. The molecule has 1 aromatic rings. The Labute approximate surface area is 138 Å². The summed E-state index contributed by atoms with van der Waals surface area (Å²) in [6, 6.07) is 4.88. The van der Waals surface area contributed by atoms with E-state index in [-0.39, 0.29) is 31.8 Å². The molecule has 1 aromatic carbocycles. The molecule has 3 rings (SSSR count). The van der Waals surface area contributed by atoms with E-state index in [0.717, 1.165) is 0 Å². The Balaban J connectivity index is 1.36. The molecule has 0 aliphatic carbocycles. The van der Waals surface area contributed by atoms with Gasteiger partial charge in [0.15, 0.2) is 11.5 Å². The lowest BCUT2D eigenvalue weighted by molar-refractivity contribution is -0.128. The largest absolute Gasteiger partial charge is 0.481 e. The number of ether oxygens (including phenoxy) is 3. The molecule has 0 bridgehead atoms. The van der Waals surface area contributed by atoms with E-state index in [0.29, 0.717) is 30.1 Å². The highest BCUT2D eigenvalue weighted by atomic mass is 16.7. The molecule has 3 N–H and O–H groups in total. The molecule has 0 spiro atoms. The Kier molecular flexibility index (Phi) is 5.03. The highest BCUT2D eigenvalue weighted by Crippen LogP contribution is 2.34. The van der Waals surface area contributed by atoms with Gasteiger partial charge in [0.1, 0.15) is 18.4 Å². The van der Waals surface area contributed by atoms with Crippen molar-refractivity contribution < 1.29 is 23.8 Å². The molecule has 24 heavy (non-hydrogen) atoms. The lowest BCUT2D eigenvalue weighted by Gasteiger charge is -2.22. The van der Waals surface area contributed by atoms with Gasteiger partial charge in [-0.15, -0.1) is 0 Å². The predicted octanol–water partition coefficient (Wildman–Crippen LogP) is -0.303. The summed E-state index contributed by atoms with van der Waals surface area (Å²) in [5, 5.41) is 2.68. The van der Waals surface area contributed by atoms with Gasteiger partial charge in [0.2, 0.25) is 18.6 Å². The number of hydrogen-bond donors (Lipinski definition) is 3. The first-order chi connectivity index (χ1) is 11.7. The number of hydrogen-bond acceptors (Lipinski definition) is 6. The minimum atomic E-state index is -0.422. The van der Waals surface area contributed by atoms with Crippen LogP contribution in [-0.4, -0.2) is 37.8 Å². The molecule has 126 valence electrons. The number of fused-ring (bicyclic) bond motifs is 1. The number of amides is 2. The van der Waals surface area contributed by atoms with E-state index in [4.69, 9.17) is 14.2 Å². The molecular formula is C16H17N3O5. The number of benzene rings is 1. The number of rotatable bonds is 4. The molecule has 8 heteroatoms. The van der Waals surface area contributed by atoms with E-state index in [1.165, 1.54) is 0 Å². The van der Waals surface area contributed by atoms with Crippen molar-refractivity contribution in [1.29, 1.82) is 0 Å². The Morgan fingerprint density at radius 1 is 1.33 bits per heavy atom. The molecule has 0 radical (unpaired) electrons. The van der Waals surface area contributed by atoms with Gasteiger partial charge in [-0.1, -0.05) is 11.8 Å². The third kappa shape index (κ3) is 4.08. The third-order valence-electron chi connectivity index (χ3n) is 3.49. The summed E-state index contributed by atoms with van der Waals surface area (Å²) in [7, 11) is 0. The summed E-state index contributed by atoms with van der Waals surface area (Å²) in [5.41, 5.74) is 5.09. The predicted molar refractivity (Wildman–Crippen MR) is 83.1 cm³/mol. The summed E-state index contributed by atoms with van der Waals surface area (Å²) in [6.07, 6.45) is 0.804. The second kappa shape index (κ2) is 7.57. The van der Waals surface area contributed by atoms with Gasteiger partial charge >= 0.3 is 0 Å². The summed E-state index contributed by atoms with van der Waals surface area (Å²) in [5.74, 6) is 7.31. The number of carbonyl (C=O) groups is 2. The van der Waals surface area contributed by atoms with Crippen molar-refractivity contribution >= 4 is 11.8 Å². The van der Waals surface area contributed by atoms with E-state index < -0.39 is 6.04 Å². The average molecular weight is 331 g/mol. The minimum Gasteiger partial charge on any atom is -0.481 e. The molecule has 0 saturated carbocycles. The Morgan fingerprint density at radius 2 is 2.21 bits per heavy atom. The summed E-state index contributed by atoms with van der Waals surface area (Å²) >= 11 is 0. The van der Waals surface area contributed by atoms with Gasteiger partial charge in [0.05, 0.1) is 6.54 Å². The van der Waals surface area contributed by atoms with Gasteiger partial charge < -0.3 is 19.5 Å². The minimum absolute atomic E-state index is 0.112. The van der Waals surface area contributed by atoms with E-state index >= 15 is 0 Å². The SMILES string of the molecule is O=C1CCC(C(=O)NCC#CCOc2ccc3c(c2)OCO3)NN1. The monoisotopic (exact) mass is 331 g/mol. The van der Waals surface area contributed by atoms with Crippen molar-refractivity contribution in [2.24, 2.45) is 0 Å². The molecule has 1 fully saturated rings. The van der Waals surface area contributed by atoms with E-state index in [1.807, 2.05) is 0 Å². The fourth-order valence-electron chi connectivity index (χ4n) is 2.23. The maximum absolute atomic E-state index is 11.8. The normalized spacial score (nSPS) is 18.2. The molecule has 1 unspecified atom stereocenters. The van der Waals surface area contributed by atoms with Crippen molar-refractivity contribution in [3.05, 3.63) is 18.2 Å². The Bertz CT molecular complexity index is 685. The van der Waals surface area contributed by atoms with Crippen LogP contribution in [0.3, 0.4) is 0 Å². The maximum atomic E-state index is 11.8. The van der Waals surface area contributed by atoms with Gasteiger partial charge in [-0.25, -0.2) is 5.43 Å². The molecule has 2 aliphatic heterocycles. The van der Waals surface area contributed by atoms with Crippen LogP contribution in [-0.2, 0) is 9.59 Å². The van der Waals surface area contributed by atoms with Crippen molar-refractivity contribution in [3.63, 3.8) is 0 Å². The standard InChI is InChI=1S/C16H17N3O5/c20-15-6-4-12(18-19-15)16(21)17-7-1-2-8-22-11-3-5-13-14(9-11)24-10-23-13/h3,5,9,12,18H,4,6-8,10H2,(H,17,21)(H,19,20). The molecule has 0 aromatic heterocycles. The smallest absolute Gasteiger partial charge is 0.239 e. The zero-order valence-electron chi connectivity index (χ0n) is 12.9. The first-order valence-corrected chi connectivity index (χ1v) is 7.52. The van der Waals surface area contributed by atoms with Crippen LogP contribution in [0.4, 0.5) is 0 Å². The van der Waals surface area contributed by atoms with E-state index in [2.05, 4.69) is 28.0 Å². The zero-order chi connectivity index (χ0) is 16.8. The van der Waals surface area contributed by atoms with Gasteiger partial charge in [0, 0.05) is 12.5 Å². The second-order valence-electron chi connectivity index (χ2n) is 5.16. The van der Waals surface area contributed by atoms with Crippen molar-refractivity contribution in [2.45, 2.75) is 18.9 Å². The molecule has 1 saturated heterocycles. The van der Waals surface area contributed by atoms with Crippen LogP contribution < -0.4 is 30.4 Å². The van der Waals surface area contributed by atoms with Crippen molar-refractivity contribution in [1.82, 2.24) is 16.2 Å². The summed E-state index contributed by atoms with van der Waals surface area (Å²) in [4.78, 5) is 22.8. The van der Waals surface area contributed by atoms with E-state index in [9.17, 15) is 9.59 Å². The average Bonchev–Trinajstić information content (AvgIpc) is 3.06. The molecule has 2 heterocycles. The first-order valence-electron chi connectivity index (χ1n) is 7.52. The van der Waals surface area contributed by atoms with Crippen LogP contribution in [0.25, 0.3) is 0 Å². The van der Waals surface area contributed by atoms with Crippen molar-refractivity contribution in [2.75, 3.05) is 19.9 Å². The fourth-order valence-corrected chi connectivity index (χ4v) is 2.23. The molecule has 8 nitrogen and oxygen atoms in total. The van der Waals surface area contributed by atoms with Gasteiger partial charge in [0.25, 0.3) is 0 Å². The van der Waals surface area contributed by atoms with Crippen LogP contribution in [0.2, 0.25) is 0 Å². The van der Waals surface area contributed by atoms with Gasteiger partial charge in [-0.2, -0.15) is 0 Å². The quantitative estimate of drug-likeness (QED) is 0.655. The van der Waals surface area contributed by atoms with Crippen LogP contribution >= 0.6 is 0 Å². The van der Waals surface area contributed by atoms with Gasteiger partial charge in [-0.3, -0.25) is 15.0 Å². The molecule has 1 atom stereocenters. The first kappa shape index (κ1) is 16.0. The van der Waals surface area contributed by atoms with Crippen LogP contribution in [0.5, 0.6) is 17.2 Å². The third-order valence-corrected chi connectivity index (χ3v) is 3.49. The summed E-state index contributed by atoms with van der Waals surface area (Å²) < 4.78 is 16.0. The Morgan fingerprint density at radius 3 is 3.04 bits per heavy atom. The van der Waals surface area contributed by atoms with Crippen molar-refractivity contribution in [3.8, 4) is 29.1 Å². The Hall–Kier alpha value is -2.92. The highest BCUT2D eigenvalue weighted by Gasteiger charge is 2.23. The fraction of sp³-hybridized carbons (Fsp3) is 0.375. The van der Waals surface area contributed by atoms with Crippen LogP contribution in [0, 0.1) is 11.8 Å². The lowest BCUT2D eigenvalue weighted by Crippen LogP contribution is -2.55. The van der Waals surface area contributed by atoms with E-state index in [1.54, 1.807) is 18.2 Å². The maximum Gasteiger partial charge on any atom is 0.239 e. The topological polar surface area (TPSA) is 97.9 Å². The lowest BCUT2D eigenvalue weighted by atomic mass is 10.1. The van der Waals surface area contributed by atoms with Crippen LogP contribution in [0.1, 0.15) is 12.8 Å². The number of nitrogens with one attached hydrogen (secondary N) is 3. The number of hydrazine groups is 1. The number of carbonyl (C=O) groups excluding carboxylic acids is 2. The molecule has 2 aliphatic rings. The second-order valence-corrected chi connectivity index (χ2v) is 5.16. The van der Waals surface area contributed by atoms with Crippen LogP contribution in [0.15, 0.2) is 18.2 Å². The molecule has 2 amide bonds. The van der Waals surface area contributed by atoms with Gasteiger partial charge in [-0.05, 0) is 18.6 Å². The highest BCUT2D eigenvalue weighted by molar-refractivity contribution is 5.85. The zero-order valence-corrected chi connectivity index (χ0v) is 12.9. The molecular weight excluding hydrogens is 314 g/mol.